The summed E-state index contributed by atoms with van der Waals surface area (Å²) >= 11 is 3.03. The van der Waals surface area contributed by atoms with Crippen LogP contribution in [0.1, 0.15) is 17.4 Å². The van der Waals surface area contributed by atoms with Gasteiger partial charge in [0.05, 0.1) is 0 Å². The lowest BCUT2D eigenvalue weighted by atomic mass is 10.2. The second-order valence-electron chi connectivity index (χ2n) is 3.57. The van der Waals surface area contributed by atoms with Crippen molar-refractivity contribution >= 4 is 34.3 Å². The summed E-state index contributed by atoms with van der Waals surface area (Å²) in [6.07, 6.45) is 2.68. The van der Waals surface area contributed by atoms with Gasteiger partial charge in [0.15, 0.2) is 11.2 Å². The number of imidazole rings is 1. The Morgan fingerprint density at radius 2 is 2.56 bits per heavy atom. The van der Waals surface area contributed by atoms with Crippen LogP contribution in [0.3, 0.4) is 0 Å². The summed E-state index contributed by atoms with van der Waals surface area (Å²) in [6.45, 7) is 2.12. The Balaban J connectivity index is 2.22. The van der Waals surface area contributed by atoms with Crippen LogP contribution in [0.2, 0.25) is 0 Å². The van der Waals surface area contributed by atoms with Crippen molar-refractivity contribution in [3.05, 3.63) is 17.3 Å². The number of aldehydes is 1. The highest BCUT2D eigenvalue weighted by Gasteiger charge is 2.13. The molecule has 0 aromatic carbocycles. The molecule has 0 amide bonds. The van der Waals surface area contributed by atoms with E-state index in [0.717, 1.165) is 22.0 Å². The number of fused-ring (bicyclic) bond motifs is 1. The Hall–Kier alpha value is -0.850. The number of carbonyl (C=O) groups is 1. The molecule has 1 N–H and O–H groups in total. The van der Waals surface area contributed by atoms with Crippen LogP contribution in [0.25, 0.3) is 4.96 Å². The van der Waals surface area contributed by atoms with Crippen molar-refractivity contribution in [2.75, 3.05) is 12.4 Å². The Kier molecular flexibility index (Phi) is 3.63. The number of aromatic nitrogens is 2. The highest BCUT2D eigenvalue weighted by molar-refractivity contribution is 7.99. The van der Waals surface area contributed by atoms with Gasteiger partial charge in [-0.05, 0) is 5.92 Å². The van der Waals surface area contributed by atoms with Crippen LogP contribution >= 0.6 is 23.1 Å². The average molecular weight is 256 g/mol. The van der Waals surface area contributed by atoms with E-state index in [1.54, 1.807) is 4.40 Å². The normalized spacial score (nSPS) is 13.1. The Labute approximate surface area is 101 Å². The molecule has 0 saturated carbocycles. The van der Waals surface area contributed by atoms with Crippen molar-refractivity contribution in [1.82, 2.24) is 9.38 Å². The summed E-state index contributed by atoms with van der Waals surface area (Å²) < 4.78 is 1.80. The van der Waals surface area contributed by atoms with Gasteiger partial charge in [0.1, 0.15) is 10.7 Å². The first-order valence-electron chi connectivity index (χ1n) is 4.90. The van der Waals surface area contributed by atoms with Crippen molar-refractivity contribution < 1.29 is 9.90 Å². The lowest BCUT2D eigenvalue weighted by Gasteiger charge is -2.04. The fraction of sp³-hybridized carbons (Fsp3) is 0.400. The van der Waals surface area contributed by atoms with Gasteiger partial charge >= 0.3 is 0 Å². The maximum atomic E-state index is 11.0. The van der Waals surface area contributed by atoms with Crippen LogP contribution in [0.4, 0.5) is 0 Å². The predicted molar refractivity (Wildman–Crippen MR) is 65.4 cm³/mol. The topological polar surface area (TPSA) is 54.6 Å². The van der Waals surface area contributed by atoms with Gasteiger partial charge in [0, 0.05) is 23.9 Å². The molecule has 86 valence electrons. The van der Waals surface area contributed by atoms with Crippen molar-refractivity contribution in [1.29, 1.82) is 0 Å². The third kappa shape index (κ3) is 2.14. The summed E-state index contributed by atoms with van der Waals surface area (Å²) in [5, 5.41) is 11.6. The molecule has 0 spiro atoms. The number of thioether (sulfide) groups is 1. The molecule has 1 atom stereocenters. The maximum Gasteiger partial charge on any atom is 0.195 e. The van der Waals surface area contributed by atoms with Crippen LogP contribution in [-0.2, 0) is 0 Å². The molecular weight excluding hydrogens is 244 g/mol. The van der Waals surface area contributed by atoms with E-state index in [-0.39, 0.29) is 12.5 Å². The molecule has 1 unspecified atom stereocenters. The van der Waals surface area contributed by atoms with Crippen LogP contribution < -0.4 is 0 Å². The van der Waals surface area contributed by atoms with E-state index in [9.17, 15) is 4.79 Å². The number of thiazole rings is 1. The van der Waals surface area contributed by atoms with Crippen LogP contribution in [0, 0.1) is 5.92 Å². The van der Waals surface area contributed by atoms with E-state index in [2.05, 4.69) is 4.98 Å². The van der Waals surface area contributed by atoms with Crippen molar-refractivity contribution in [2.45, 2.75) is 11.9 Å². The second kappa shape index (κ2) is 4.99. The van der Waals surface area contributed by atoms with Crippen molar-refractivity contribution in [3.63, 3.8) is 0 Å². The van der Waals surface area contributed by atoms with E-state index in [1.807, 2.05) is 18.5 Å². The summed E-state index contributed by atoms with van der Waals surface area (Å²) in [4.78, 5) is 16.2. The van der Waals surface area contributed by atoms with Crippen molar-refractivity contribution in [3.8, 4) is 0 Å². The molecule has 0 saturated heterocycles. The van der Waals surface area contributed by atoms with E-state index >= 15 is 0 Å². The first-order chi connectivity index (χ1) is 7.76. The minimum absolute atomic E-state index is 0.158. The third-order valence-corrected chi connectivity index (χ3v) is 4.26. The van der Waals surface area contributed by atoms with Crippen LogP contribution in [0.5, 0.6) is 0 Å². The van der Waals surface area contributed by atoms with Gasteiger partial charge in [0.25, 0.3) is 0 Å². The quantitative estimate of drug-likeness (QED) is 0.656. The first kappa shape index (κ1) is 11.6. The number of rotatable bonds is 5. The highest BCUT2D eigenvalue weighted by Crippen LogP contribution is 2.26. The standard InChI is InChI=1S/C10H12N2O2S2/c1-7(4-13)6-16-9-8(5-14)12-2-3-15-10(12)11-9/h2-3,5,7,13H,4,6H2,1H3. The summed E-state index contributed by atoms with van der Waals surface area (Å²) in [5.74, 6) is 0.978. The zero-order valence-corrected chi connectivity index (χ0v) is 10.4. The Bertz CT molecular complexity index is 492. The summed E-state index contributed by atoms with van der Waals surface area (Å²) in [5.41, 5.74) is 0.603. The molecule has 6 heteroatoms. The number of hydrogen-bond donors (Lipinski definition) is 1. The molecule has 0 radical (unpaired) electrons. The minimum Gasteiger partial charge on any atom is -0.396 e. The third-order valence-electron chi connectivity index (χ3n) is 2.19. The number of nitrogens with zero attached hydrogens (tertiary/aromatic N) is 2. The average Bonchev–Trinajstić information content (AvgIpc) is 2.84. The van der Waals surface area contributed by atoms with Gasteiger partial charge in [-0.15, -0.1) is 23.1 Å². The minimum atomic E-state index is 0.158. The molecule has 2 aromatic rings. The van der Waals surface area contributed by atoms with Gasteiger partial charge in [0.2, 0.25) is 0 Å². The van der Waals surface area contributed by atoms with E-state index < -0.39 is 0 Å². The van der Waals surface area contributed by atoms with Gasteiger partial charge in [-0.3, -0.25) is 9.20 Å². The zero-order chi connectivity index (χ0) is 11.5. The van der Waals surface area contributed by atoms with Gasteiger partial charge in [-0.25, -0.2) is 4.98 Å². The zero-order valence-electron chi connectivity index (χ0n) is 8.79. The summed E-state index contributed by atoms with van der Waals surface area (Å²) in [7, 11) is 0. The smallest absolute Gasteiger partial charge is 0.195 e. The fourth-order valence-electron chi connectivity index (χ4n) is 1.27. The molecule has 2 heterocycles. The Morgan fingerprint density at radius 3 is 3.25 bits per heavy atom. The van der Waals surface area contributed by atoms with Crippen molar-refractivity contribution in [2.24, 2.45) is 5.92 Å². The first-order valence-corrected chi connectivity index (χ1v) is 6.77. The molecule has 16 heavy (non-hydrogen) atoms. The van der Waals surface area contributed by atoms with Crippen LogP contribution in [0.15, 0.2) is 16.6 Å². The van der Waals surface area contributed by atoms with E-state index in [4.69, 9.17) is 5.11 Å². The lowest BCUT2D eigenvalue weighted by molar-refractivity contribution is 0.111. The predicted octanol–water partition coefficient (Wildman–Crippen LogP) is 1.93. The molecule has 2 aromatic heterocycles. The van der Waals surface area contributed by atoms with Gasteiger partial charge < -0.3 is 5.11 Å². The van der Waals surface area contributed by atoms with Gasteiger partial charge in [-0.1, -0.05) is 6.92 Å². The molecule has 0 bridgehead atoms. The fourth-order valence-corrected chi connectivity index (χ4v) is 3.04. The highest BCUT2D eigenvalue weighted by atomic mass is 32.2. The maximum absolute atomic E-state index is 11.0. The summed E-state index contributed by atoms with van der Waals surface area (Å²) in [6, 6.07) is 0. The van der Waals surface area contributed by atoms with E-state index in [1.165, 1.54) is 23.1 Å². The molecule has 0 aliphatic carbocycles. The Morgan fingerprint density at radius 1 is 1.75 bits per heavy atom. The monoisotopic (exact) mass is 256 g/mol. The molecule has 0 fully saturated rings. The molecule has 4 nitrogen and oxygen atoms in total. The van der Waals surface area contributed by atoms with Crippen LogP contribution in [-0.4, -0.2) is 33.1 Å². The largest absolute Gasteiger partial charge is 0.396 e. The number of aliphatic hydroxyl groups excluding tert-OH is 1. The molecule has 2 rings (SSSR count). The second-order valence-corrected chi connectivity index (χ2v) is 5.46. The SMILES string of the molecule is CC(CO)CSc1nc2sccn2c1C=O. The number of aliphatic hydroxyl groups is 1. The van der Waals surface area contributed by atoms with Gasteiger partial charge in [-0.2, -0.15) is 0 Å². The molecule has 0 aliphatic rings. The van der Waals surface area contributed by atoms with E-state index in [0.29, 0.717) is 5.69 Å². The molecular formula is C10H12N2O2S2. The number of carbonyl (C=O) groups excluding carboxylic acids is 1. The number of hydrogen-bond acceptors (Lipinski definition) is 5. The lowest BCUT2D eigenvalue weighted by Crippen LogP contribution is -2.03. The molecule has 0 aliphatic heterocycles.